The Morgan fingerprint density at radius 2 is 0.588 bits per heavy atom. The van der Waals surface area contributed by atoms with Crippen molar-refractivity contribution in [3.63, 3.8) is 0 Å². The smallest absolute Gasteiger partial charge is 0.305 e. The van der Waals surface area contributed by atoms with E-state index in [2.05, 4.69) is 31.3 Å². The molecule has 3 N–H and O–H groups in total. The van der Waals surface area contributed by atoms with Crippen molar-refractivity contribution < 1.29 is 24.5 Å². The SMILES string of the molecule is CCCCCCCCCCCCCCCCCCCC/C=C/C(O)C(CO)NC(=O)CCCCCCCCCCCCCC/C=C\CCCCCCCCCCCCCCOC(=O)CCCCCCCCCCCCCCCCC. The van der Waals surface area contributed by atoms with Gasteiger partial charge in [0.15, 0.2) is 0 Å². The van der Waals surface area contributed by atoms with Gasteiger partial charge in [-0.1, -0.05) is 366 Å². The quantitative estimate of drug-likeness (QED) is 0.0320. The maximum atomic E-state index is 12.5. The molecular weight excluding hydrogens is 983 g/mol. The maximum Gasteiger partial charge on any atom is 0.305 e. The number of carbonyl (C=O) groups is 2. The first kappa shape index (κ1) is 78.3. The van der Waals surface area contributed by atoms with E-state index in [0.717, 1.165) is 38.5 Å². The Labute approximate surface area is 501 Å². The van der Waals surface area contributed by atoms with Gasteiger partial charge in [0.05, 0.1) is 25.4 Å². The number of ether oxygens (including phenoxy) is 1. The van der Waals surface area contributed by atoms with Crippen LogP contribution in [-0.2, 0) is 14.3 Å². The predicted molar refractivity (Wildman–Crippen MR) is 352 cm³/mol. The van der Waals surface area contributed by atoms with Crippen LogP contribution in [0.25, 0.3) is 0 Å². The summed E-state index contributed by atoms with van der Waals surface area (Å²) < 4.78 is 5.50. The van der Waals surface area contributed by atoms with Gasteiger partial charge in [-0.15, -0.1) is 0 Å². The summed E-state index contributed by atoms with van der Waals surface area (Å²) in [4.78, 5) is 24.6. The molecule has 0 heterocycles. The molecule has 6 nitrogen and oxygen atoms in total. The predicted octanol–water partition coefficient (Wildman–Crippen LogP) is 23.7. The van der Waals surface area contributed by atoms with Gasteiger partial charge >= 0.3 is 5.97 Å². The van der Waals surface area contributed by atoms with Crippen LogP contribution < -0.4 is 5.32 Å². The number of amides is 1. The van der Waals surface area contributed by atoms with Crippen LogP contribution in [0.15, 0.2) is 24.3 Å². The monoisotopic (exact) mass is 1130 g/mol. The molecule has 0 aliphatic heterocycles. The Hall–Kier alpha value is -1.66. The molecule has 0 aromatic heterocycles. The highest BCUT2D eigenvalue weighted by atomic mass is 16.5. The second-order valence-corrected chi connectivity index (χ2v) is 25.3. The summed E-state index contributed by atoms with van der Waals surface area (Å²) in [5, 5.41) is 23.2. The molecule has 0 saturated heterocycles. The first-order chi connectivity index (χ1) is 39.5. The normalized spacial score (nSPS) is 12.6. The third-order valence-electron chi connectivity index (χ3n) is 17.2. The van der Waals surface area contributed by atoms with Crippen molar-refractivity contribution in [2.75, 3.05) is 13.2 Å². The van der Waals surface area contributed by atoms with Crippen LogP contribution in [-0.4, -0.2) is 47.4 Å². The molecule has 0 rings (SSSR count). The topological polar surface area (TPSA) is 95.9 Å². The first-order valence-corrected chi connectivity index (χ1v) is 36.6. The average Bonchev–Trinajstić information content (AvgIpc) is 3.46. The summed E-state index contributed by atoms with van der Waals surface area (Å²) >= 11 is 0. The van der Waals surface area contributed by atoms with Gasteiger partial charge in [0.1, 0.15) is 0 Å². The van der Waals surface area contributed by atoms with E-state index in [-0.39, 0.29) is 18.5 Å². The minimum atomic E-state index is -0.845. The summed E-state index contributed by atoms with van der Waals surface area (Å²) in [5.41, 5.74) is 0. The summed E-state index contributed by atoms with van der Waals surface area (Å²) in [6.07, 6.45) is 88.4. The highest BCUT2D eigenvalue weighted by molar-refractivity contribution is 5.76. The van der Waals surface area contributed by atoms with Gasteiger partial charge in [-0.3, -0.25) is 9.59 Å². The number of nitrogens with one attached hydrogen (secondary N) is 1. The Kier molecular flexibility index (Phi) is 68.4. The van der Waals surface area contributed by atoms with Crippen LogP contribution in [0.2, 0.25) is 0 Å². The van der Waals surface area contributed by atoms with E-state index in [4.69, 9.17) is 4.74 Å². The van der Waals surface area contributed by atoms with Crippen LogP contribution >= 0.6 is 0 Å². The van der Waals surface area contributed by atoms with E-state index < -0.39 is 12.1 Å². The molecule has 0 fully saturated rings. The van der Waals surface area contributed by atoms with Crippen molar-refractivity contribution in [1.82, 2.24) is 5.32 Å². The molecular formula is C74H143NO5. The minimum absolute atomic E-state index is 0.0192. The average molecular weight is 1130 g/mol. The lowest BCUT2D eigenvalue weighted by atomic mass is 10.0. The van der Waals surface area contributed by atoms with Crippen molar-refractivity contribution >= 4 is 11.9 Å². The van der Waals surface area contributed by atoms with E-state index in [1.807, 2.05) is 6.08 Å². The summed E-state index contributed by atoms with van der Waals surface area (Å²) in [6, 6.07) is -0.628. The van der Waals surface area contributed by atoms with Crippen molar-refractivity contribution in [3.8, 4) is 0 Å². The van der Waals surface area contributed by atoms with E-state index in [0.29, 0.717) is 19.4 Å². The number of esters is 1. The molecule has 0 aliphatic carbocycles. The van der Waals surface area contributed by atoms with E-state index in [9.17, 15) is 19.8 Å². The van der Waals surface area contributed by atoms with Crippen molar-refractivity contribution in [1.29, 1.82) is 0 Å². The number of aliphatic hydroxyl groups is 2. The standard InChI is InChI=1S/C74H143NO5/c1-3-5-7-9-11-13-15-17-19-20-21-32-35-39-42-46-50-54-58-62-66-72(77)71(70-76)75-73(78)67-63-59-55-51-47-43-40-36-33-30-28-26-24-22-23-25-27-29-31-34-37-41-45-49-53-57-61-65-69-80-74(79)68-64-60-56-52-48-44-38-18-16-14-12-10-8-6-4-2/h22-23,62,66,71-72,76-77H,3-21,24-61,63-65,67-70H2,1-2H3,(H,75,78)/b23-22-,66-62+. The third kappa shape index (κ3) is 65.5. The molecule has 0 saturated carbocycles. The molecule has 0 aromatic rings. The molecule has 2 unspecified atom stereocenters. The maximum absolute atomic E-state index is 12.5. The first-order valence-electron chi connectivity index (χ1n) is 36.6. The van der Waals surface area contributed by atoms with Crippen LogP contribution in [0.1, 0.15) is 412 Å². The van der Waals surface area contributed by atoms with Crippen molar-refractivity contribution in [3.05, 3.63) is 24.3 Å². The summed E-state index contributed by atoms with van der Waals surface area (Å²) in [6.45, 7) is 4.95. The highest BCUT2D eigenvalue weighted by Crippen LogP contribution is 2.19. The van der Waals surface area contributed by atoms with Gasteiger partial charge in [-0.25, -0.2) is 0 Å². The zero-order chi connectivity index (χ0) is 57.8. The Morgan fingerprint density at radius 1 is 0.338 bits per heavy atom. The summed E-state index contributed by atoms with van der Waals surface area (Å²) in [5.74, 6) is -0.0446. The lowest BCUT2D eigenvalue weighted by Gasteiger charge is -2.20. The zero-order valence-corrected chi connectivity index (χ0v) is 54.3. The number of allylic oxidation sites excluding steroid dienone is 3. The lowest BCUT2D eigenvalue weighted by molar-refractivity contribution is -0.143. The second-order valence-electron chi connectivity index (χ2n) is 25.3. The van der Waals surface area contributed by atoms with Crippen LogP contribution in [0.4, 0.5) is 0 Å². The molecule has 1 amide bonds. The fourth-order valence-corrected chi connectivity index (χ4v) is 11.6. The molecule has 0 aliphatic rings. The minimum Gasteiger partial charge on any atom is -0.466 e. The number of carbonyl (C=O) groups excluding carboxylic acids is 2. The molecule has 474 valence electrons. The highest BCUT2D eigenvalue weighted by Gasteiger charge is 2.18. The van der Waals surface area contributed by atoms with Gasteiger partial charge in [-0.2, -0.15) is 0 Å². The molecule has 0 bridgehead atoms. The Balaban J connectivity index is 3.39. The van der Waals surface area contributed by atoms with Gasteiger partial charge < -0.3 is 20.3 Å². The number of hydrogen-bond acceptors (Lipinski definition) is 5. The molecule has 0 aromatic carbocycles. The van der Waals surface area contributed by atoms with E-state index in [1.54, 1.807) is 6.08 Å². The Bertz CT molecular complexity index is 1250. The van der Waals surface area contributed by atoms with E-state index >= 15 is 0 Å². The lowest BCUT2D eigenvalue weighted by Crippen LogP contribution is -2.45. The van der Waals surface area contributed by atoms with Crippen molar-refractivity contribution in [2.45, 2.75) is 424 Å². The zero-order valence-electron chi connectivity index (χ0n) is 54.3. The number of rotatable bonds is 69. The van der Waals surface area contributed by atoms with Crippen LogP contribution in [0.5, 0.6) is 0 Å². The van der Waals surface area contributed by atoms with Crippen LogP contribution in [0.3, 0.4) is 0 Å². The van der Waals surface area contributed by atoms with Gasteiger partial charge in [0.25, 0.3) is 0 Å². The molecule has 2 atom stereocenters. The molecule has 6 heteroatoms. The number of aliphatic hydroxyl groups excluding tert-OH is 2. The van der Waals surface area contributed by atoms with Gasteiger partial charge in [-0.05, 0) is 57.8 Å². The fourth-order valence-electron chi connectivity index (χ4n) is 11.6. The van der Waals surface area contributed by atoms with Gasteiger partial charge in [0.2, 0.25) is 5.91 Å². The van der Waals surface area contributed by atoms with E-state index in [1.165, 1.54) is 347 Å². The number of hydrogen-bond donors (Lipinski definition) is 3. The fraction of sp³-hybridized carbons (Fsp3) is 0.919. The number of unbranched alkanes of at least 4 members (excludes halogenated alkanes) is 56. The van der Waals surface area contributed by atoms with Crippen LogP contribution in [0, 0.1) is 0 Å². The Morgan fingerprint density at radius 3 is 0.887 bits per heavy atom. The largest absolute Gasteiger partial charge is 0.466 e. The molecule has 80 heavy (non-hydrogen) atoms. The second kappa shape index (κ2) is 69.8. The van der Waals surface area contributed by atoms with Crippen molar-refractivity contribution in [2.24, 2.45) is 0 Å². The molecule has 0 spiro atoms. The third-order valence-corrected chi connectivity index (χ3v) is 17.2. The summed E-state index contributed by atoms with van der Waals surface area (Å²) in [7, 11) is 0. The van der Waals surface area contributed by atoms with Gasteiger partial charge in [0, 0.05) is 12.8 Å². The molecule has 0 radical (unpaired) electrons.